The smallest absolute Gasteiger partial charge is 0.124 e. The first-order valence-electron chi connectivity index (χ1n) is 5.73. The first-order chi connectivity index (χ1) is 7.90. The molecule has 1 heterocycles. The molecule has 3 rings (SSSR count). The van der Waals surface area contributed by atoms with Crippen LogP contribution >= 0.6 is 0 Å². The van der Waals surface area contributed by atoms with Gasteiger partial charge in [-0.25, -0.2) is 4.98 Å². The van der Waals surface area contributed by atoms with Crippen molar-refractivity contribution in [1.29, 1.82) is 5.26 Å². The van der Waals surface area contributed by atoms with E-state index in [1.165, 1.54) is 24.8 Å². The van der Waals surface area contributed by atoms with Crippen LogP contribution in [0.1, 0.15) is 31.1 Å². The minimum absolute atomic E-state index is 0.408. The van der Waals surface area contributed by atoms with Gasteiger partial charge >= 0.3 is 0 Å². The molecule has 1 aromatic heterocycles. The van der Waals surface area contributed by atoms with Gasteiger partial charge in [-0.3, -0.25) is 0 Å². The number of para-hydroxylation sites is 2. The molecule has 0 amide bonds. The number of nitriles is 1. The van der Waals surface area contributed by atoms with Crippen molar-refractivity contribution in [2.75, 3.05) is 0 Å². The lowest BCUT2D eigenvalue weighted by molar-refractivity contribution is 0.314. The van der Waals surface area contributed by atoms with Gasteiger partial charge in [0.15, 0.2) is 0 Å². The topological polar surface area (TPSA) is 41.6 Å². The summed E-state index contributed by atoms with van der Waals surface area (Å²) in [6.07, 6.45) is 4.14. The van der Waals surface area contributed by atoms with Crippen LogP contribution in [0.25, 0.3) is 11.0 Å². The van der Waals surface area contributed by atoms with E-state index in [0.717, 1.165) is 11.3 Å². The maximum absolute atomic E-state index is 8.84. The molecule has 1 fully saturated rings. The second-order valence-corrected chi connectivity index (χ2v) is 4.31. The van der Waals surface area contributed by atoms with Gasteiger partial charge in [-0.2, -0.15) is 5.26 Å². The highest BCUT2D eigenvalue weighted by atomic mass is 15.1. The molecular weight excluding hydrogens is 198 g/mol. The van der Waals surface area contributed by atoms with Gasteiger partial charge in [-0.05, 0) is 31.4 Å². The van der Waals surface area contributed by atoms with Gasteiger partial charge in [0.2, 0.25) is 0 Å². The third kappa shape index (κ3) is 1.30. The second-order valence-electron chi connectivity index (χ2n) is 4.31. The summed E-state index contributed by atoms with van der Waals surface area (Å²) in [6.45, 7) is 0. The molecule has 16 heavy (non-hydrogen) atoms. The molecule has 0 radical (unpaired) electrons. The van der Waals surface area contributed by atoms with Crippen molar-refractivity contribution in [3.8, 4) is 6.07 Å². The average molecular weight is 211 g/mol. The van der Waals surface area contributed by atoms with Crippen molar-refractivity contribution in [2.45, 2.75) is 31.7 Å². The van der Waals surface area contributed by atoms with Crippen LogP contribution in [0.3, 0.4) is 0 Å². The lowest BCUT2D eigenvalue weighted by Gasteiger charge is -2.28. The summed E-state index contributed by atoms with van der Waals surface area (Å²) in [6, 6.07) is 10.9. The van der Waals surface area contributed by atoms with E-state index in [0.29, 0.717) is 12.5 Å². The Kier molecular flexibility index (Phi) is 2.14. The van der Waals surface area contributed by atoms with Gasteiger partial charge in [-0.1, -0.05) is 12.1 Å². The van der Waals surface area contributed by atoms with Crippen LogP contribution in [-0.4, -0.2) is 9.55 Å². The Hall–Kier alpha value is -1.82. The van der Waals surface area contributed by atoms with E-state index in [2.05, 4.69) is 21.7 Å². The summed E-state index contributed by atoms with van der Waals surface area (Å²) >= 11 is 0. The third-order valence-electron chi connectivity index (χ3n) is 3.35. The van der Waals surface area contributed by atoms with Gasteiger partial charge < -0.3 is 4.57 Å². The molecule has 0 N–H and O–H groups in total. The monoisotopic (exact) mass is 211 g/mol. The predicted molar refractivity (Wildman–Crippen MR) is 61.9 cm³/mol. The zero-order chi connectivity index (χ0) is 11.0. The molecule has 0 atom stereocenters. The lowest BCUT2D eigenvalue weighted by atomic mass is 9.92. The van der Waals surface area contributed by atoms with Gasteiger partial charge in [0, 0.05) is 6.04 Å². The molecule has 0 unspecified atom stereocenters. The van der Waals surface area contributed by atoms with Gasteiger partial charge in [0.1, 0.15) is 5.82 Å². The van der Waals surface area contributed by atoms with E-state index in [-0.39, 0.29) is 0 Å². The summed E-state index contributed by atoms with van der Waals surface area (Å²) in [4.78, 5) is 4.55. The van der Waals surface area contributed by atoms with Crippen molar-refractivity contribution in [3.05, 3.63) is 30.1 Å². The van der Waals surface area contributed by atoms with Crippen molar-refractivity contribution < 1.29 is 0 Å². The van der Waals surface area contributed by atoms with Crippen LogP contribution in [0.4, 0.5) is 0 Å². The van der Waals surface area contributed by atoms with Crippen LogP contribution < -0.4 is 0 Å². The fourth-order valence-electron chi connectivity index (χ4n) is 2.34. The van der Waals surface area contributed by atoms with E-state index >= 15 is 0 Å². The Morgan fingerprint density at radius 3 is 2.88 bits per heavy atom. The van der Waals surface area contributed by atoms with Crippen molar-refractivity contribution in [2.24, 2.45) is 0 Å². The zero-order valence-electron chi connectivity index (χ0n) is 9.06. The summed E-state index contributed by atoms with van der Waals surface area (Å²) in [5.41, 5.74) is 2.19. The number of rotatable bonds is 2. The number of nitrogens with zero attached hydrogens (tertiary/aromatic N) is 3. The molecule has 1 aromatic carbocycles. The number of hydrogen-bond donors (Lipinski definition) is 0. The Bertz CT molecular complexity index is 558. The average Bonchev–Trinajstić information content (AvgIpc) is 2.56. The second kappa shape index (κ2) is 3.64. The van der Waals surface area contributed by atoms with Crippen LogP contribution in [-0.2, 0) is 6.42 Å². The van der Waals surface area contributed by atoms with Gasteiger partial charge in [0.25, 0.3) is 0 Å². The standard InChI is InChI=1S/C13H13N3/c14-9-8-13-15-11-6-1-2-7-12(11)16(13)10-4-3-5-10/h1-2,6-7,10H,3-5,8H2. The van der Waals surface area contributed by atoms with E-state index in [9.17, 15) is 0 Å². The quantitative estimate of drug-likeness (QED) is 0.766. The highest BCUT2D eigenvalue weighted by molar-refractivity contribution is 5.76. The van der Waals surface area contributed by atoms with E-state index in [1.807, 2.05) is 18.2 Å². The van der Waals surface area contributed by atoms with Crippen molar-refractivity contribution in [1.82, 2.24) is 9.55 Å². The number of imidazole rings is 1. The minimum Gasteiger partial charge on any atom is -0.324 e. The summed E-state index contributed by atoms with van der Waals surface area (Å²) in [5.74, 6) is 0.924. The molecular formula is C13H13N3. The molecule has 1 saturated carbocycles. The highest BCUT2D eigenvalue weighted by Gasteiger charge is 2.24. The normalized spacial score (nSPS) is 15.9. The molecule has 3 heteroatoms. The zero-order valence-corrected chi connectivity index (χ0v) is 9.06. The Labute approximate surface area is 94.3 Å². The molecule has 0 saturated heterocycles. The molecule has 0 aliphatic heterocycles. The molecule has 2 aromatic rings. The summed E-state index contributed by atoms with van der Waals surface area (Å²) in [5, 5.41) is 8.84. The van der Waals surface area contributed by atoms with E-state index in [1.54, 1.807) is 0 Å². The Morgan fingerprint density at radius 1 is 1.38 bits per heavy atom. The Morgan fingerprint density at radius 2 is 2.19 bits per heavy atom. The molecule has 0 bridgehead atoms. The van der Waals surface area contributed by atoms with Crippen LogP contribution in [0.15, 0.2) is 24.3 Å². The van der Waals surface area contributed by atoms with Crippen molar-refractivity contribution in [3.63, 3.8) is 0 Å². The molecule has 1 aliphatic carbocycles. The first-order valence-corrected chi connectivity index (χ1v) is 5.73. The number of benzene rings is 1. The van der Waals surface area contributed by atoms with Crippen LogP contribution in [0, 0.1) is 11.3 Å². The van der Waals surface area contributed by atoms with Gasteiger partial charge in [-0.15, -0.1) is 0 Å². The Balaban J connectivity index is 2.19. The molecule has 1 aliphatic rings. The summed E-state index contributed by atoms with van der Waals surface area (Å²) < 4.78 is 2.27. The molecule has 80 valence electrons. The predicted octanol–water partition coefficient (Wildman–Crippen LogP) is 2.83. The highest BCUT2D eigenvalue weighted by Crippen LogP contribution is 2.35. The van der Waals surface area contributed by atoms with E-state index in [4.69, 9.17) is 5.26 Å². The van der Waals surface area contributed by atoms with E-state index < -0.39 is 0 Å². The summed E-state index contributed by atoms with van der Waals surface area (Å²) in [7, 11) is 0. The SMILES string of the molecule is N#CCc1nc2ccccc2n1C1CCC1. The minimum atomic E-state index is 0.408. The maximum atomic E-state index is 8.84. The third-order valence-corrected chi connectivity index (χ3v) is 3.35. The molecule has 3 nitrogen and oxygen atoms in total. The molecule has 0 spiro atoms. The van der Waals surface area contributed by atoms with Gasteiger partial charge in [0.05, 0.1) is 23.5 Å². The van der Waals surface area contributed by atoms with Crippen LogP contribution in [0.5, 0.6) is 0 Å². The number of aromatic nitrogens is 2. The fraction of sp³-hybridized carbons (Fsp3) is 0.385. The fourth-order valence-corrected chi connectivity index (χ4v) is 2.34. The largest absolute Gasteiger partial charge is 0.324 e. The number of fused-ring (bicyclic) bond motifs is 1. The van der Waals surface area contributed by atoms with Crippen molar-refractivity contribution >= 4 is 11.0 Å². The first kappa shape index (κ1) is 9.41. The lowest BCUT2D eigenvalue weighted by Crippen LogP contribution is -2.19. The maximum Gasteiger partial charge on any atom is 0.124 e. The van der Waals surface area contributed by atoms with Crippen LogP contribution in [0.2, 0.25) is 0 Å². The number of hydrogen-bond acceptors (Lipinski definition) is 2.